The van der Waals surface area contributed by atoms with Gasteiger partial charge < -0.3 is 14.4 Å². The summed E-state index contributed by atoms with van der Waals surface area (Å²) in [5, 5.41) is 19.5. The Morgan fingerprint density at radius 3 is 2.46 bits per heavy atom. The van der Waals surface area contributed by atoms with Crippen molar-refractivity contribution >= 4 is 35.6 Å². The van der Waals surface area contributed by atoms with Gasteiger partial charge in [-0.15, -0.1) is 21.5 Å². The van der Waals surface area contributed by atoms with Gasteiger partial charge in [0.25, 0.3) is 0 Å². The Morgan fingerprint density at radius 1 is 1.17 bits per heavy atom. The number of fused-ring (bicyclic) bond motifs is 3. The lowest BCUT2D eigenvalue weighted by Crippen LogP contribution is -2.47. The molecule has 2 aromatic heterocycles. The van der Waals surface area contributed by atoms with Gasteiger partial charge in [0.1, 0.15) is 16.9 Å². The van der Waals surface area contributed by atoms with Crippen LogP contribution in [-0.2, 0) is 14.1 Å². The van der Waals surface area contributed by atoms with Gasteiger partial charge >= 0.3 is 13.1 Å². The van der Waals surface area contributed by atoms with Gasteiger partial charge in [0.2, 0.25) is 0 Å². The van der Waals surface area contributed by atoms with Gasteiger partial charge in [0, 0.05) is 34.6 Å². The molecule has 0 amide bonds. The van der Waals surface area contributed by atoms with E-state index in [9.17, 15) is 9.90 Å². The molecule has 0 spiro atoms. The summed E-state index contributed by atoms with van der Waals surface area (Å²) in [6.07, 6.45) is 0. The Hall–Kier alpha value is -2.82. The largest absolute Gasteiger partial charge is 0.493 e. The number of aliphatic carboxylic acids is 1. The van der Waals surface area contributed by atoms with Gasteiger partial charge in [-0.25, -0.2) is 0 Å². The van der Waals surface area contributed by atoms with Crippen LogP contribution in [0.1, 0.15) is 60.0 Å². The lowest BCUT2D eigenvalue weighted by Gasteiger charge is -2.33. The highest BCUT2D eigenvalue weighted by Gasteiger charge is 2.37. The van der Waals surface area contributed by atoms with E-state index in [1.165, 1.54) is 4.88 Å². The molecule has 1 unspecified atom stereocenters. The summed E-state index contributed by atoms with van der Waals surface area (Å²) in [5.74, 6) is -0.424. The van der Waals surface area contributed by atoms with E-state index in [4.69, 9.17) is 14.3 Å². The van der Waals surface area contributed by atoms with Gasteiger partial charge in [-0.05, 0) is 38.7 Å². The molecule has 4 heterocycles. The first-order valence-corrected chi connectivity index (χ1v) is 12.6. The van der Waals surface area contributed by atoms with E-state index in [0.717, 1.165) is 32.9 Å². The first-order chi connectivity index (χ1) is 16.6. The van der Waals surface area contributed by atoms with Crippen LogP contribution in [0.5, 0.6) is 0 Å². The molecule has 35 heavy (non-hydrogen) atoms. The minimum Gasteiger partial charge on any atom is -0.481 e. The van der Waals surface area contributed by atoms with Crippen molar-refractivity contribution in [1.82, 2.24) is 14.8 Å². The number of thiophene rings is 1. The molecule has 1 saturated heterocycles. The monoisotopic (exact) mass is 492 g/mol. The topological polar surface area (TPSA) is 98.8 Å². The lowest BCUT2D eigenvalue weighted by atomic mass is 9.75. The van der Waals surface area contributed by atoms with Crippen LogP contribution in [0.25, 0.3) is 5.00 Å². The van der Waals surface area contributed by atoms with E-state index >= 15 is 0 Å². The molecule has 2 atom stereocenters. The number of aryl methyl sites for hydroxylation is 2. The summed E-state index contributed by atoms with van der Waals surface area (Å²) < 4.78 is 13.9. The Bertz CT molecular complexity index is 1320. The minimum absolute atomic E-state index is 0.00363. The standard InChI is InChI=1S/C25H29BN4O4S/c1-13-15(3)35-23-19(13)21(27-20(14(2)24(31)32)22-29-28-16(4)30(22)23)17-7-9-18(10-8-17)26-33-11-25(5,6)12-34-26/h7-10,14,20H,11-12H2,1-6H3,(H,31,32)/t14?,20-/m0/s1. The normalized spacial score (nSPS) is 20.0. The van der Waals surface area contributed by atoms with Crippen LogP contribution in [0, 0.1) is 32.1 Å². The Labute approximate surface area is 209 Å². The van der Waals surface area contributed by atoms with Gasteiger partial charge in [-0.2, -0.15) is 0 Å². The molecule has 10 heteroatoms. The van der Waals surface area contributed by atoms with Crippen LogP contribution in [0.15, 0.2) is 29.3 Å². The van der Waals surface area contributed by atoms with Crippen LogP contribution in [-0.4, -0.2) is 51.9 Å². The van der Waals surface area contributed by atoms with Crippen LogP contribution < -0.4 is 5.46 Å². The van der Waals surface area contributed by atoms with Crippen molar-refractivity contribution in [3.8, 4) is 5.00 Å². The molecule has 2 aliphatic heterocycles. The summed E-state index contributed by atoms with van der Waals surface area (Å²) in [7, 11) is -0.396. The zero-order chi connectivity index (χ0) is 25.1. The second kappa shape index (κ2) is 8.69. The highest BCUT2D eigenvalue weighted by atomic mass is 32.1. The summed E-state index contributed by atoms with van der Waals surface area (Å²) >= 11 is 1.65. The Kier molecular flexibility index (Phi) is 5.93. The van der Waals surface area contributed by atoms with E-state index < -0.39 is 25.0 Å². The molecule has 8 nitrogen and oxygen atoms in total. The number of aromatic nitrogens is 3. The van der Waals surface area contributed by atoms with E-state index in [1.807, 2.05) is 35.8 Å². The number of benzene rings is 1. The molecular formula is C25H29BN4O4S. The van der Waals surface area contributed by atoms with Crippen molar-refractivity contribution in [2.24, 2.45) is 16.3 Å². The van der Waals surface area contributed by atoms with Crippen LogP contribution in [0.4, 0.5) is 0 Å². The van der Waals surface area contributed by atoms with Crippen molar-refractivity contribution in [2.45, 2.75) is 47.6 Å². The van der Waals surface area contributed by atoms with Gasteiger partial charge in [-0.1, -0.05) is 38.1 Å². The summed E-state index contributed by atoms with van der Waals surface area (Å²) in [4.78, 5) is 18.2. The second-order valence-corrected chi connectivity index (χ2v) is 11.4. The molecule has 0 aliphatic carbocycles. The molecule has 0 bridgehead atoms. The van der Waals surface area contributed by atoms with Crippen molar-refractivity contribution < 1.29 is 19.2 Å². The fraction of sp³-hybridized carbons (Fsp3) is 0.440. The smallest absolute Gasteiger partial charge is 0.481 e. The van der Waals surface area contributed by atoms with E-state index in [0.29, 0.717) is 24.9 Å². The third-order valence-electron chi connectivity index (χ3n) is 6.76. The fourth-order valence-electron chi connectivity index (χ4n) is 4.50. The zero-order valence-electron chi connectivity index (χ0n) is 20.8. The third kappa shape index (κ3) is 4.13. The maximum absolute atomic E-state index is 12.0. The van der Waals surface area contributed by atoms with Crippen LogP contribution in [0.3, 0.4) is 0 Å². The number of hydrogen-bond donors (Lipinski definition) is 1. The molecule has 5 rings (SSSR count). The van der Waals surface area contributed by atoms with Crippen LogP contribution >= 0.6 is 11.3 Å². The second-order valence-electron chi connectivity index (χ2n) is 10.2. The molecule has 1 aromatic carbocycles. The number of nitrogens with zero attached hydrogens (tertiary/aromatic N) is 4. The molecule has 0 saturated carbocycles. The van der Waals surface area contributed by atoms with E-state index in [-0.39, 0.29) is 5.41 Å². The van der Waals surface area contributed by atoms with Crippen LogP contribution in [0.2, 0.25) is 0 Å². The Balaban J connectivity index is 1.61. The molecular weight excluding hydrogens is 463 g/mol. The third-order valence-corrected chi connectivity index (χ3v) is 7.95. The highest BCUT2D eigenvalue weighted by molar-refractivity contribution is 7.15. The van der Waals surface area contributed by atoms with Crippen molar-refractivity contribution in [3.63, 3.8) is 0 Å². The Morgan fingerprint density at radius 2 is 1.83 bits per heavy atom. The quantitative estimate of drug-likeness (QED) is 0.559. The molecule has 1 fully saturated rings. The summed E-state index contributed by atoms with van der Waals surface area (Å²) in [6, 6.07) is 7.36. The molecule has 2 aliphatic rings. The summed E-state index contributed by atoms with van der Waals surface area (Å²) in [5.41, 5.74) is 4.74. The van der Waals surface area contributed by atoms with Gasteiger partial charge in [0.15, 0.2) is 5.82 Å². The predicted molar refractivity (Wildman–Crippen MR) is 136 cm³/mol. The fourth-order valence-corrected chi connectivity index (χ4v) is 5.71. The zero-order valence-corrected chi connectivity index (χ0v) is 21.6. The molecule has 0 radical (unpaired) electrons. The minimum atomic E-state index is -0.923. The van der Waals surface area contributed by atoms with Gasteiger partial charge in [0.05, 0.1) is 11.6 Å². The molecule has 1 N–H and O–H groups in total. The molecule has 3 aromatic rings. The maximum atomic E-state index is 12.0. The highest BCUT2D eigenvalue weighted by Crippen LogP contribution is 2.40. The van der Waals surface area contributed by atoms with Gasteiger partial charge in [-0.3, -0.25) is 14.4 Å². The number of carboxylic acids is 1. The average molecular weight is 492 g/mol. The van der Waals surface area contributed by atoms with Crippen molar-refractivity contribution in [2.75, 3.05) is 13.2 Å². The van der Waals surface area contributed by atoms with Crippen molar-refractivity contribution in [1.29, 1.82) is 0 Å². The number of carboxylic acid groups (broad SMARTS) is 1. The predicted octanol–water partition coefficient (Wildman–Crippen LogP) is 3.64. The summed E-state index contributed by atoms with van der Waals surface area (Å²) in [6.45, 7) is 13.2. The molecule has 182 valence electrons. The SMILES string of the molecule is Cc1sc2c(c1C)C(c1ccc(B3OCC(C)(C)CO3)cc1)=N[C@@H](C(C)C(=O)O)c1nnc(C)n1-2. The number of hydrogen-bond acceptors (Lipinski definition) is 7. The number of carbonyl (C=O) groups is 1. The first-order valence-electron chi connectivity index (χ1n) is 11.7. The first kappa shape index (κ1) is 23.9. The average Bonchev–Trinajstić information content (AvgIpc) is 3.28. The number of rotatable bonds is 4. The maximum Gasteiger partial charge on any atom is 0.493 e. The lowest BCUT2D eigenvalue weighted by molar-refractivity contribution is -0.141. The van der Waals surface area contributed by atoms with E-state index in [2.05, 4.69) is 37.9 Å². The van der Waals surface area contributed by atoms with E-state index in [1.54, 1.807) is 18.3 Å². The van der Waals surface area contributed by atoms with Crippen molar-refractivity contribution in [3.05, 3.63) is 57.5 Å². The number of aliphatic imine (C=N–C) groups is 1.